The van der Waals surface area contributed by atoms with Gasteiger partial charge in [-0.25, -0.2) is 9.78 Å². The Labute approximate surface area is 126 Å². The SMILES string of the molecule is CCOC(=O)c1nc(CC)n(CCC2CCCCC2)c1N. The van der Waals surface area contributed by atoms with E-state index >= 15 is 0 Å². The Kier molecular flexibility index (Phi) is 5.65. The number of carbonyl (C=O) groups is 1. The van der Waals surface area contributed by atoms with E-state index in [-0.39, 0.29) is 5.69 Å². The summed E-state index contributed by atoms with van der Waals surface area (Å²) in [5.41, 5.74) is 6.40. The van der Waals surface area contributed by atoms with Gasteiger partial charge in [0.25, 0.3) is 0 Å². The third kappa shape index (κ3) is 3.77. The van der Waals surface area contributed by atoms with Gasteiger partial charge in [0, 0.05) is 13.0 Å². The Morgan fingerprint density at radius 3 is 2.67 bits per heavy atom. The molecule has 0 aliphatic heterocycles. The van der Waals surface area contributed by atoms with Crippen LogP contribution in [-0.4, -0.2) is 22.1 Å². The smallest absolute Gasteiger partial charge is 0.360 e. The zero-order valence-electron chi connectivity index (χ0n) is 13.2. The third-order valence-electron chi connectivity index (χ3n) is 4.36. The molecule has 0 spiro atoms. The lowest BCUT2D eigenvalue weighted by atomic mass is 9.87. The van der Waals surface area contributed by atoms with Crippen LogP contribution in [0, 0.1) is 5.92 Å². The van der Waals surface area contributed by atoms with Crippen LogP contribution in [0.4, 0.5) is 5.82 Å². The Balaban J connectivity index is 2.08. The summed E-state index contributed by atoms with van der Waals surface area (Å²) in [6.07, 6.45) is 8.60. The van der Waals surface area contributed by atoms with Crippen molar-refractivity contribution in [2.75, 3.05) is 12.3 Å². The minimum atomic E-state index is -0.416. The van der Waals surface area contributed by atoms with Crippen LogP contribution in [0.25, 0.3) is 0 Å². The predicted molar refractivity (Wildman–Crippen MR) is 83.2 cm³/mol. The third-order valence-corrected chi connectivity index (χ3v) is 4.36. The van der Waals surface area contributed by atoms with Crippen molar-refractivity contribution in [2.45, 2.75) is 65.3 Å². The molecule has 118 valence electrons. The van der Waals surface area contributed by atoms with Crippen molar-refractivity contribution in [3.05, 3.63) is 11.5 Å². The second-order valence-electron chi connectivity index (χ2n) is 5.78. The average Bonchev–Trinajstić information content (AvgIpc) is 2.83. The molecule has 5 heteroatoms. The lowest BCUT2D eigenvalue weighted by molar-refractivity contribution is 0.0521. The lowest BCUT2D eigenvalue weighted by Crippen LogP contribution is -2.14. The fourth-order valence-corrected chi connectivity index (χ4v) is 3.17. The molecule has 21 heavy (non-hydrogen) atoms. The first-order chi connectivity index (χ1) is 10.2. The normalized spacial score (nSPS) is 16.1. The van der Waals surface area contributed by atoms with E-state index < -0.39 is 5.97 Å². The van der Waals surface area contributed by atoms with Crippen LogP contribution in [0.15, 0.2) is 0 Å². The highest BCUT2D eigenvalue weighted by Crippen LogP contribution is 2.28. The highest BCUT2D eigenvalue weighted by molar-refractivity contribution is 5.92. The van der Waals surface area contributed by atoms with Crippen molar-refractivity contribution in [2.24, 2.45) is 5.92 Å². The van der Waals surface area contributed by atoms with Crippen molar-refractivity contribution >= 4 is 11.8 Å². The molecular formula is C16H27N3O2. The molecule has 1 heterocycles. The first-order valence-corrected chi connectivity index (χ1v) is 8.19. The number of ether oxygens (including phenoxy) is 1. The second kappa shape index (κ2) is 7.48. The number of imidazole rings is 1. The van der Waals surface area contributed by atoms with Crippen molar-refractivity contribution in [3.8, 4) is 0 Å². The van der Waals surface area contributed by atoms with Gasteiger partial charge in [-0.3, -0.25) is 0 Å². The van der Waals surface area contributed by atoms with Gasteiger partial charge in [0.05, 0.1) is 6.61 Å². The standard InChI is InChI=1S/C16H27N3O2/c1-3-13-18-14(16(20)21-4-2)15(17)19(13)11-10-12-8-6-5-7-9-12/h12H,3-11,17H2,1-2H3. The molecule has 1 saturated carbocycles. The Bertz CT molecular complexity index is 476. The van der Waals surface area contributed by atoms with Crippen LogP contribution < -0.4 is 5.73 Å². The van der Waals surface area contributed by atoms with E-state index in [2.05, 4.69) is 4.98 Å². The molecule has 0 saturated heterocycles. The number of hydrogen-bond acceptors (Lipinski definition) is 4. The molecule has 1 aromatic rings. The van der Waals surface area contributed by atoms with Crippen LogP contribution in [-0.2, 0) is 17.7 Å². The molecule has 0 aromatic carbocycles. The van der Waals surface area contributed by atoms with Crippen LogP contribution >= 0.6 is 0 Å². The maximum atomic E-state index is 11.9. The summed E-state index contributed by atoms with van der Waals surface area (Å²) >= 11 is 0. The van der Waals surface area contributed by atoms with Gasteiger partial charge in [-0.1, -0.05) is 39.0 Å². The van der Waals surface area contributed by atoms with Gasteiger partial charge in [-0.15, -0.1) is 0 Å². The number of nitrogens with two attached hydrogens (primary N) is 1. The maximum Gasteiger partial charge on any atom is 0.360 e. The molecule has 0 unspecified atom stereocenters. The summed E-state index contributed by atoms with van der Waals surface area (Å²) in [6, 6.07) is 0. The summed E-state index contributed by atoms with van der Waals surface area (Å²) in [5, 5.41) is 0. The number of carbonyl (C=O) groups excluding carboxylic acids is 1. The zero-order valence-corrected chi connectivity index (χ0v) is 13.2. The van der Waals surface area contributed by atoms with Crippen molar-refractivity contribution in [3.63, 3.8) is 0 Å². The van der Waals surface area contributed by atoms with E-state index in [4.69, 9.17) is 10.5 Å². The predicted octanol–water partition coefficient (Wildman–Crippen LogP) is 3.17. The number of rotatable bonds is 6. The van der Waals surface area contributed by atoms with Gasteiger partial charge in [0.1, 0.15) is 11.6 Å². The van der Waals surface area contributed by atoms with Gasteiger partial charge >= 0.3 is 5.97 Å². The van der Waals surface area contributed by atoms with Gasteiger partial charge < -0.3 is 15.0 Å². The molecule has 0 bridgehead atoms. The molecule has 1 aliphatic rings. The Morgan fingerprint density at radius 2 is 2.05 bits per heavy atom. The molecule has 5 nitrogen and oxygen atoms in total. The van der Waals surface area contributed by atoms with E-state index in [0.29, 0.717) is 12.4 Å². The second-order valence-corrected chi connectivity index (χ2v) is 5.78. The number of anilines is 1. The van der Waals surface area contributed by atoms with E-state index in [1.165, 1.54) is 32.1 Å². The molecule has 0 radical (unpaired) electrons. The number of aryl methyl sites for hydroxylation is 1. The summed E-state index contributed by atoms with van der Waals surface area (Å²) in [5.74, 6) is 1.71. The molecule has 1 fully saturated rings. The quantitative estimate of drug-likeness (QED) is 0.818. The average molecular weight is 293 g/mol. The van der Waals surface area contributed by atoms with E-state index in [1.807, 2.05) is 11.5 Å². The Morgan fingerprint density at radius 1 is 1.33 bits per heavy atom. The monoisotopic (exact) mass is 293 g/mol. The van der Waals surface area contributed by atoms with E-state index in [1.54, 1.807) is 6.92 Å². The van der Waals surface area contributed by atoms with Gasteiger partial charge in [-0.05, 0) is 19.3 Å². The molecule has 0 atom stereocenters. The van der Waals surface area contributed by atoms with Gasteiger partial charge in [-0.2, -0.15) is 0 Å². The topological polar surface area (TPSA) is 70.1 Å². The van der Waals surface area contributed by atoms with Crippen molar-refractivity contribution < 1.29 is 9.53 Å². The lowest BCUT2D eigenvalue weighted by Gasteiger charge is -2.22. The fourth-order valence-electron chi connectivity index (χ4n) is 3.17. The summed E-state index contributed by atoms with van der Waals surface area (Å²) in [4.78, 5) is 16.2. The number of esters is 1. The molecule has 1 aromatic heterocycles. The fraction of sp³-hybridized carbons (Fsp3) is 0.750. The first-order valence-electron chi connectivity index (χ1n) is 8.19. The summed E-state index contributed by atoms with van der Waals surface area (Å²) in [7, 11) is 0. The highest BCUT2D eigenvalue weighted by atomic mass is 16.5. The minimum absolute atomic E-state index is 0.275. The largest absolute Gasteiger partial charge is 0.461 e. The van der Waals surface area contributed by atoms with Gasteiger partial charge in [0.2, 0.25) is 0 Å². The highest BCUT2D eigenvalue weighted by Gasteiger charge is 2.21. The van der Waals surface area contributed by atoms with E-state index in [0.717, 1.165) is 31.1 Å². The minimum Gasteiger partial charge on any atom is -0.461 e. The molecule has 0 amide bonds. The first kappa shape index (κ1) is 15.9. The molecular weight excluding hydrogens is 266 g/mol. The van der Waals surface area contributed by atoms with Crippen molar-refractivity contribution in [1.29, 1.82) is 0 Å². The maximum absolute atomic E-state index is 11.9. The van der Waals surface area contributed by atoms with Crippen LogP contribution in [0.3, 0.4) is 0 Å². The van der Waals surface area contributed by atoms with Crippen LogP contribution in [0.5, 0.6) is 0 Å². The van der Waals surface area contributed by atoms with Gasteiger partial charge in [0.15, 0.2) is 5.69 Å². The number of nitrogens with zero attached hydrogens (tertiary/aromatic N) is 2. The molecule has 2 N–H and O–H groups in total. The van der Waals surface area contributed by atoms with Crippen molar-refractivity contribution in [1.82, 2.24) is 9.55 Å². The van der Waals surface area contributed by atoms with Crippen LogP contribution in [0.1, 0.15) is 68.7 Å². The van der Waals surface area contributed by atoms with Crippen LogP contribution in [0.2, 0.25) is 0 Å². The zero-order chi connectivity index (χ0) is 15.2. The number of aromatic nitrogens is 2. The molecule has 2 rings (SSSR count). The van der Waals surface area contributed by atoms with E-state index in [9.17, 15) is 4.79 Å². The number of hydrogen-bond donors (Lipinski definition) is 1. The number of nitrogen functional groups attached to an aromatic ring is 1. The Hall–Kier alpha value is -1.52. The summed E-state index contributed by atoms with van der Waals surface area (Å²) < 4.78 is 7.02. The molecule has 1 aliphatic carbocycles. The summed E-state index contributed by atoms with van der Waals surface area (Å²) in [6.45, 7) is 5.02.